The summed E-state index contributed by atoms with van der Waals surface area (Å²) in [7, 11) is 0. The highest BCUT2D eigenvalue weighted by molar-refractivity contribution is 6.31. The SMILES string of the molecule is O=C(COc1ccccc1C=Nn1c(-c2cc3cc(Cl)ccc3o2)nc2ccccc2c1=O)Nc1ccc(Cl)cc1. The van der Waals surface area contributed by atoms with Crippen molar-refractivity contribution < 1.29 is 13.9 Å². The lowest BCUT2D eigenvalue weighted by Gasteiger charge is -2.10. The molecule has 2 heterocycles. The van der Waals surface area contributed by atoms with E-state index in [0.717, 1.165) is 5.39 Å². The zero-order valence-corrected chi connectivity index (χ0v) is 22.8. The number of hydrogen-bond donors (Lipinski definition) is 1. The summed E-state index contributed by atoms with van der Waals surface area (Å²) in [5.41, 5.74) is 1.88. The van der Waals surface area contributed by atoms with Crippen molar-refractivity contribution >= 4 is 62.9 Å². The summed E-state index contributed by atoms with van der Waals surface area (Å²) in [6.45, 7) is -0.238. The number of para-hydroxylation sites is 2. The maximum absolute atomic E-state index is 13.6. The van der Waals surface area contributed by atoms with Gasteiger partial charge in [-0.3, -0.25) is 9.59 Å². The van der Waals surface area contributed by atoms with E-state index in [2.05, 4.69) is 10.4 Å². The Labute approximate surface area is 243 Å². The van der Waals surface area contributed by atoms with E-state index < -0.39 is 0 Å². The third kappa shape index (κ3) is 5.70. The molecule has 0 aliphatic heterocycles. The van der Waals surface area contributed by atoms with Crippen molar-refractivity contribution in [2.24, 2.45) is 5.10 Å². The summed E-state index contributed by atoms with van der Waals surface area (Å²) < 4.78 is 13.0. The molecule has 1 N–H and O–H groups in total. The number of aromatic nitrogens is 2. The van der Waals surface area contributed by atoms with Crippen LogP contribution >= 0.6 is 23.2 Å². The van der Waals surface area contributed by atoms with Crippen LogP contribution in [0.15, 0.2) is 111 Å². The van der Waals surface area contributed by atoms with Gasteiger partial charge in [0.1, 0.15) is 11.3 Å². The van der Waals surface area contributed by atoms with E-state index in [1.165, 1.54) is 10.9 Å². The van der Waals surface area contributed by atoms with E-state index in [4.69, 9.17) is 37.3 Å². The minimum absolute atomic E-state index is 0.220. The number of nitrogens with zero attached hydrogens (tertiary/aromatic N) is 3. The van der Waals surface area contributed by atoms with Gasteiger partial charge >= 0.3 is 0 Å². The lowest BCUT2D eigenvalue weighted by molar-refractivity contribution is -0.118. The number of anilines is 1. The molecular weight excluding hydrogens is 563 g/mol. The van der Waals surface area contributed by atoms with Gasteiger partial charge in [0.05, 0.1) is 17.1 Å². The Balaban J connectivity index is 1.33. The van der Waals surface area contributed by atoms with Gasteiger partial charge in [0.15, 0.2) is 12.4 Å². The molecule has 41 heavy (non-hydrogen) atoms. The summed E-state index contributed by atoms with van der Waals surface area (Å²) in [5, 5.41) is 9.54. The molecule has 0 saturated heterocycles. The fourth-order valence-corrected chi connectivity index (χ4v) is 4.53. The number of nitrogens with one attached hydrogen (secondary N) is 1. The van der Waals surface area contributed by atoms with Crippen LogP contribution in [0.2, 0.25) is 10.0 Å². The van der Waals surface area contributed by atoms with Gasteiger partial charge in [-0.05, 0) is 72.8 Å². The van der Waals surface area contributed by atoms with Crippen LogP contribution in [0.3, 0.4) is 0 Å². The van der Waals surface area contributed by atoms with Crippen molar-refractivity contribution in [3.8, 4) is 17.3 Å². The first-order valence-electron chi connectivity index (χ1n) is 12.5. The van der Waals surface area contributed by atoms with Gasteiger partial charge in [0, 0.05) is 26.7 Å². The van der Waals surface area contributed by atoms with Crippen LogP contribution in [0.4, 0.5) is 5.69 Å². The summed E-state index contributed by atoms with van der Waals surface area (Å²) in [6.07, 6.45) is 1.48. The average Bonchev–Trinajstić information content (AvgIpc) is 3.40. The van der Waals surface area contributed by atoms with Gasteiger partial charge in [-0.1, -0.05) is 47.5 Å². The molecule has 1 amide bonds. The number of carbonyl (C=O) groups is 1. The number of hydrogen-bond acceptors (Lipinski definition) is 6. The highest BCUT2D eigenvalue weighted by Crippen LogP contribution is 2.29. The fraction of sp³-hybridized carbons (Fsp3) is 0.0323. The number of fused-ring (bicyclic) bond motifs is 2. The third-order valence-corrected chi connectivity index (χ3v) is 6.66. The molecular formula is C31H20Cl2N4O4. The van der Waals surface area contributed by atoms with Crippen LogP contribution in [0, 0.1) is 0 Å². The maximum atomic E-state index is 13.6. The van der Waals surface area contributed by atoms with Gasteiger partial charge in [-0.15, -0.1) is 0 Å². The van der Waals surface area contributed by atoms with Gasteiger partial charge in [-0.2, -0.15) is 9.78 Å². The Bertz CT molecular complexity index is 2000. The van der Waals surface area contributed by atoms with Crippen molar-refractivity contribution in [1.29, 1.82) is 0 Å². The molecule has 2 aromatic heterocycles. The summed E-state index contributed by atoms with van der Waals surface area (Å²) in [6, 6.07) is 27.8. The molecule has 8 nitrogen and oxygen atoms in total. The molecule has 4 aromatic carbocycles. The standard InChI is InChI=1S/C31H20Cl2N4O4/c32-21-9-12-23(13-10-21)35-29(38)18-40-26-8-4-1-5-19(26)17-34-37-30(36-25-7-3-2-6-24(25)31(37)39)28-16-20-15-22(33)11-14-27(20)41-28/h1-17H,18H2,(H,35,38). The Morgan fingerprint density at radius 1 is 0.951 bits per heavy atom. The Morgan fingerprint density at radius 2 is 1.71 bits per heavy atom. The van der Waals surface area contributed by atoms with E-state index >= 15 is 0 Å². The van der Waals surface area contributed by atoms with Gasteiger partial charge < -0.3 is 14.5 Å². The molecule has 0 fully saturated rings. The van der Waals surface area contributed by atoms with Crippen LogP contribution in [-0.2, 0) is 4.79 Å². The number of rotatable bonds is 7. The Kier molecular flexibility index (Phi) is 7.24. The molecule has 0 spiro atoms. The van der Waals surface area contributed by atoms with Crippen LogP contribution in [-0.4, -0.2) is 28.4 Å². The highest BCUT2D eigenvalue weighted by Gasteiger charge is 2.17. The lowest BCUT2D eigenvalue weighted by atomic mass is 10.2. The van der Waals surface area contributed by atoms with Gasteiger partial charge in [0.2, 0.25) is 5.82 Å². The van der Waals surface area contributed by atoms with Crippen molar-refractivity contribution in [3.05, 3.63) is 123 Å². The number of furan rings is 1. The van der Waals surface area contributed by atoms with Crippen molar-refractivity contribution in [3.63, 3.8) is 0 Å². The van der Waals surface area contributed by atoms with Crippen LogP contribution < -0.4 is 15.6 Å². The highest BCUT2D eigenvalue weighted by atomic mass is 35.5. The average molecular weight is 583 g/mol. The number of amides is 1. The van der Waals surface area contributed by atoms with Crippen LogP contribution in [0.25, 0.3) is 33.5 Å². The first kappa shape index (κ1) is 26.3. The lowest BCUT2D eigenvalue weighted by Crippen LogP contribution is -2.21. The molecule has 0 atom stereocenters. The molecule has 0 saturated carbocycles. The Morgan fingerprint density at radius 3 is 2.56 bits per heavy atom. The van der Waals surface area contributed by atoms with Crippen molar-refractivity contribution in [2.45, 2.75) is 0 Å². The van der Waals surface area contributed by atoms with Crippen LogP contribution in [0.5, 0.6) is 5.75 Å². The smallest absolute Gasteiger partial charge is 0.282 e. The number of carbonyl (C=O) groups excluding carboxylic acids is 1. The molecule has 202 valence electrons. The van der Waals surface area contributed by atoms with Crippen LogP contribution in [0.1, 0.15) is 5.56 Å². The van der Waals surface area contributed by atoms with E-state index in [0.29, 0.717) is 49.3 Å². The summed E-state index contributed by atoms with van der Waals surface area (Å²) >= 11 is 12.1. The molecule has 6 rings (SSSR count). The molecule has 0 radical (unpaired) electrons. The quantitative estimate of drug-likeness (QED) is 0.204. The van der Waals surface area contributed by atoms with E-state index in [1.807, 2.05) is 0 Å². The zero-order chi connectivity index (χ0) is 28.3. The minimum atomic E-state index is -0.374. The third-order valence-electron chi connectivity index (χ3n) is 6.17. The second-order valence-electron chi connectivity index (χ2n) is 8.99. The molecule has 0 unspecified atom stereocenters. The largest absolute Gasteiger partial charge is 0.483 e. The molecule has 0 bridgehead atoms. The number of halogens is 2. The number of benzene rings is 4. The van der Waals surface area contributed by atoms with Crippen molar-refractivity contribution in [2.75, 3.05) is 11.9 Å². The molecule has 0 aliphatic carbocycles. The van der Waals surface area contributed by atoms with E-state index in [1.54, 1.807) is 97.1 Å². The molecule has 0 aliphatic rings. The predicted molar refractivity (Wildman–Crippen MR) is 161 cm³/mol. The summed E-state index contributed by atoms with van der Waals surface area (Å²) in [4.78, 5) is 30.7. The van der Waals surface area contributed by atoms with Gasteiger partial charge in [0.25, 0.3) is 11.5 Å². The van der Waals surface area contributed by atoms with Crippen molar-refractivity contribution in [1.82, 2.24) is 9.66 Å². The monoisotopic (exact) mass is 582 g/mol. The molecule has 10 heteroatoms. The minimum Gasteiger partial charge on any atom is -0.483 e. The topological polar surface area (TPSA) is 98.7 Å². The zero-order valence-electron chi connectivity index (χ0n) is 21.3. The fourth-order valence-electron chi connectivity index (χ4n) is 4.23. The second kappa shape index (κ2) is 11.3. The first-order valence-corrected chi connectivity index (χ1v) is 13.2. The van der Waals surface area contributed by atoms with E-state index in [9.17, 15) is 9.59 Å². The molecule has 6 aromatic rings. The van der Waals surface area contributed by atoms with Gasteiger partial charge in [-0.25, -0.2) is 4.98 Å². The first-order chi connectivity index (χ1) is 19.9. The maximum Gasteiger partial charge on any atom is 0.282 e. The second-order valence-corrected chi connectivity index (χ2v) is 9.86. The summed E-state index contributed by atoms with van der Waals surface area (Å²) in [5.74, 6) is 0.634. The number of ether oxygens (including phenoxy) is 1. The normalized spacial score (nSPS) is 11.4. The Hall–Kier alpha value is -4.92. The van der Waals surface area contributed by atoms with E-state index in [-0.39, 0.29) is 23.9 Å². The predicted octanol–water partition coefficient (Wildman–Crippen LogP) is 7.02.